The highest BCUT2D eigenvalue weighted by molar-refractivity contribution is 7.17. The Bertz CT molecular complexity index is 1430. The van der Waals surface area contributed by atoms with Crippen LogP contribution in [-0.2, 0) is 4.79 Å². The third kappa shape index (κ3) is 3.83. The van der Waals surface area contributed by atoms with E-state index in [1.165, 1.54) is 17.4 Å². The van der Waals surface area contributed by atoms with E-state index in [0.717, 1.165) is 53.8 Å². The van der Waals surface area contributed by atoms with Crippen molar-refractivity contribution in [2.75, 3.05) is 18.4 Å². The van der Waals surface area contributed by atoms with Gasteiger partial charge in [-0.05, 0) is 72.7 Å². The molecule has 1 aromatic carbocycles. The number of rotatable bonds is 5. The van der Waals surface area contributed by atoms with Gasteiger partial charge in [-0.3, -0.25) is 19.9 Å². The molecule has 7 nitrogen and oxygen atoms in total. The molecule has 0 radical (unpaired) electrons. The Labute approximate surface area is 207 Å². The zero-order valence-electron chi connectivity index (χ0n) is 19.2. The molecule has 0 atom stereocenters. The summed E-state index contributed by atoms with van der Waals surface area (Å²) in [6.07, 6.45) is 7.82. The average Bonchev–Trinajstić information content (AvgIpc) is 3.60. The number of nitrogens with zero attached hydrogens (tertiary/aromatic N) is 4. The zero-order valence-corrected chi connectivity index (χ0v) is 20.0. The van der Waals surface area contributed by atoms with Crippen LogP contribution in [0, 0.1) is 5.41 Å². The lowest BCUT2D eigenvalue weighted by molar-refractivity contribution is -0.125. The second kappa shape index (κ2) is 8.46. The topological polar surface area (TPSA) is 80.1 Å². The van der Waals surface area contributed by atoms with E-state index in [4.69, 9.17) is 4.98 Å². The number of hydrogen-bond donors (Lipinski definition) is 1. The van der Waals surface area contributed by atoms with Crippen LogP contribution in [0.15, 0.2) is 73.6 Å². The van der Waals surface area contributed by atoms with Crippen LogP contribution in [0.2, 0.25) is 0 Å². The van der Waals surface area contributed by atoms with Gasteiger partial charge in [-0.1, -0.05) is 18.7 Å². The van der Waals surface area contributed by atoms with Crippen molar-refractivity contribution in [3.8, 4) is 10.4 Å². The second-order valence-electron chi connectivity index (χ2n) is 9.42. The normalized spacial score (nSPS) is 21.3. The lowest BCUT2D eigenvalue weighted by atomic mass is 9.65. The Hall–Kier alpha value is -3.78. The number of carbonyl (C=O) groups excluding carboxylic acids is 2. The Kier molecular flexibility index (Phi) is 5.25. The number of benzene rings is 1. The maximum Gasteiger partial charge on any atom is 0.268 e. The summed E-state index contributed by atoms with van der Waals surface area (Å²) in [6, 6.07) is 15.9. The number of carbonyl (C=O) groups is 2. The van der Waals surface area contributed by atoms with Gasteiger partial charge in [0, 0.05) is 36.4 Å². The minimum Gasteiger partial charge on any atom is -0.339 e. The van der Waals surface area contributed by atoms with Gasteiger partial charge in [-0.2, -0.15) is 0 Å². The SMILES string of the molecule is C=CC(=O)N1CCC2(CC(n3c(NC(=O)c4ccc(-c5ccncc5)s4)nc4ccccc43)C2)C1. The molecule has 1 aliphatic carbocycles. The fraction of sp³-hybridized carbons (Fsp3) is 0.259. The summed E-state index contributed by atoms with van der Waals surface area (Å²) in [7, 11) is 0. The molecule has 1 N–H and O–H groups in total. The number of thiophene rings is 1. The van der Waals surface area contributed by atoms with Crippen molar-refractivity contribution in [1.29, 1.82) is 0 Å². The van der Waals surface area contributed by atoms with Gasteiger partial charge in [-0.25, -0.2) is 4.98 Å². The quantitative estimate of drug-likeness (QED) is 0.398. The highest BCUT2D eigenvalue weighted by Gasteiger charge is 2.50. The van der Waals surface area contributed by atoms with E-state index in [9.17, 15) is 9.59 Å². The molecule has 6 rings (SSSR count). The predicted octanol–water partition coefficient (Wildman–Crippen LogP) is 5.15. The third-order valence-corrected chi connectivity index (χ3v) is 8.38. The summed E-state index contributed by atoms with van der Waals surface area (Å²) >= 11 is 1.45. The van der Waals surface area contributed by atoms with Crippen LogP contribution >= 0.6 is 11.3 Å². The number of pyridine rings is 1. The number of aromatic nitrogens is 3. The van der Waals surface area contributed by atoms with Gasteiger partial charge in [0.1, 0.15) is 0 Å². The summed E-state index contributed by atoms with van der Waals surface area (Å²) in [4.78, 5) is 37.7. The van der Waals surface area contributed by atoms with Crippen molar-refractivity contribution >= 4 is 40.1 Å². The molecule has 1 aliphatic heterocycles. The van der Waals surface area contributed by atoms with E-state index in [-0.39, 0.29) is 23.3 Å². The lowest BCUT2D eigenvalue weighted by Gasteiger charge is -2.46. The minimum atomic E-state index is -0.162. The van der Waals surface area contributed by atoms with Crippen LogP contribution in [-0.4, -0.2) is 44.3 Å². The molecule has 3 aromatic heterocycles. The van der Waals surface area contributed by atoms with Crippen LogP contribution in [0.25, 0.3) is 21.5 Å². The Morgan fingerprint density at radius 2 is 1.91 bits per heavy atom. The summed E-state index contributed by atoms with van der Waals surface area (Å²) in [6.45, 7) is 5.18. The van der Waals surface area contributed by atoms with Gasteiger partial charge in [0.05, 0.1) is 15.9 Å². The maximum absolute atomic E-state index is 13.2. The molecule has 1 saturated carbocycles. The molecule has 0 unspecified atom stereocenters. The first-order valence-electron chi connectivity index (χ1n) is 11.8. The van der Waals surface area contributed by atoms with Crippen molar-refractivity contribution in [2.24, 2.45) is 5.41 Å². The van der Waals surface area contributed by atoms with E-state index in [1.807, 2.05) is 47.4 Å². The molecule has 176 valence electrons. The van der Waals surface area contributed by atoms with Gasteiger partial charge in [0.15, 0.2) is 0 Å². The number of para-hydroxylation sites is 2. The Morgan fingerprint density at radius 3 is 2.71 bits per heavy atom. The van der Waals surface area contributed by atoms with Gasteiger partial charge in [-0.15, -0.1) is 11.3 Å². The molecular formula is C27H25N5O2S. The number of likely N-dealkylation sites (tertiary alicyclic amines) is 1. The number of nitrogens with one attached hydrogen (secondary N) is 1. The lowest BCUT2D eigenvalue weighted by Crippen LogP contribution is -2.42. The molecule has 8 heteroatoms. The standard InChI is InChI=1S/C27H25N5O2S/c1-2-24(33)31-14-11-27(17-31)15-19(16-27)32-21-6-4-3-5-20(21)29-26(32)30-25(34)23-8-7-22(35-23)18-9-12-28-13-10-18/h2-10,12-13,19H,1,11,14-17H2,(H,29,30,34). The molecule has 1 spiro atoms. The highest BCUT2D eigenvalue weighted by atomic mass is 32.1. The molecule has 0 bridgehead atoms. The van der Waals surface area contributed by atoms with E-state index >= 15 is 0 Å². The summed E-state index contributed by atoms with van der Waals surface area (Å²) in [5, 5.41) is 3.08. The van der Waals surface area contributed by atoms with Gasteiger partial charge in [0.25, 0.3) is 5.91 Å². The van der Waals surface area contributed by atoms with Crippen molar-refractivity contribution in [1.82, 2.24) is 19.4 Å². The van der Waals surface area contributed by atoms with Crippen LogP contribution in [0.3, 0.4) is 0 Å². The molecule has 1 saturated heterocycles. The van der Waals surface area contributed by atoms with Gasteiger partial charge >= 0.3 is 0 Å². The van der Waals surface area contributed by atoms with Crippen molar-refractivity contribution in [2.45, 2.75) is 25.3 Å². The van der Waals surface area contributed by atoms with Crippen LogP contribution in [0.5, 0.6) is 0 Å². The molecular weight excluding hydrogens is 458 g/mol. The van der Waals surface area contributed by atoms with Crippen LogP contribution in [0.1, 0.15) is 35.0 Å². The van der Waals surface area contributed by atoms with Crippen molar-refractivity contribution in [3.63, 3.8) is 0 Å². The molecule has 4 aromatic rings. The largest absolute Gasteiger partial charge is 0.339 e. The number of anilines is 1. The smallest absolute Gasteiger partial charge is 0.268 e. The average molecular weight is 484 g/mol. The second-order valence-corrected chi connectivity index (χ2v) is 10.5. The summed E-state index contributed by atoms with van der Waals surface area (Å²) in [5.41, 5.74) is 3.06. The van der Waals surface area contributed by atoms with E-state index in [0.29, 0.717) is 10.8 Å². The van der Waals surface area contributed by atoms with Gasteiger partial charge < -0.3 is 9.47 Å². The Balaban J connectivity index is 1.24. The van der Waals surface area contributed by atoms with Crippen LogP contribution < -0.4 is 5.32 Å². The third-order valence-electron chi connectivity index (χ3n) is 7.24. The summed E-state index contributed by atoms with van der Waals surface area (Å²) in [5.74, 6) is 0.421. The molecule has 2 aliphatic rings. The minimum absolute atomic E-state index is 0.00782. The fourth-order valence-electron chi connectivity index (χ4n) is 5.50. The maximum atomic E-state index is 13.2. The van der Waals surface area contributed by atoms with E-state index in [1.54, 1.807) is 12.4 Å². The van der Waals surface area contributed by atoms with Crippen molar-refractivity contribution in [3.05, 3.63) is 78.5 Å². The first kappa shape index (κ1) is 21.7. The molecule has 4 heterocycles. The van der Waals surface area contributed by atoms with Gasteiger partial charge in [0.2, 0.25) is 11.9 Å². The predicted molar refractivity (Wildman–Crippen MR) is 137 cm³/mol. The zero-order chi connectivity index (χ0) is 24.0. The van der Waals surface area contributed by atoms with E-state index in [2.05, 4.69) is 27.5 Å². The van der Waals surface area contributed by atoms with Crippen molar-refractivity contribution < 1.29 is 9.59 Å². The highest BCUT2D eigenvalue weighted by Crippen LogP contribution is 2.55. The fourth-order valence-corrected chi connectivity index (χ4v) is 6.41. The monoisotopic (exact) mass is 483 g/mol. The molecule has 2 amide bonds. The molecule has 35 heavy (non-hydrogen) atoms. The first-order chi connectivity index (χ1) is 17.0. The number of hydrogen-bond acceptors (Lipinski definition) is 5. The first-order valence-corrected chi connectivity index (χ1v) is 12.6. The summed E-state index contributed by atoms with van der Waals surface area (Å²) < 4.78 is 2.17. The van der Waals surface area contributed by atoms with Crippen LogP contribution in [0.4, 0.5) is 5.95 Å². The Morgan fingerprint density at radius 1 is 1.11 bits per heavy atom. The number of imidazole rings is 1. The molecule has 2 fully saturated rings. The van der Waals surface area contributed by atoms with E-state index < -0.39 is 0 Å². The number of fused-ring (bicyclic) bond motifs is 1. The number of amides is 2.